The minimum Gasteiger partial charge on any atom is -0.497 e. The SMILES string of the molecule is COc1ccc(F)c(CNC(=O)c2ccc(C3CNNC3)c(OC)c2)c1. The lowest BCUT2D eigenvalue weighted by atomic mass is 9.97. The number of rotatable bonds is 6. The molecular weight excluding hydrogens is 337 g/mol. The minimum atomic E-state index is -0.389. The van der Waals surface area contributed by atoms with Gasteiger partial charge < -0.3 is 14.8 Å². The molecule has 1 fully saturated rings. The van der Waals surface area contributed by atoms with Gasteiger partial charge in [0.1, 0.15) is 17.3 Å². The lowest BCUT2D eigenvalue weighted by Crippen LogP contribution is -2.23. The van der Waals surface area contributed by atoms with E-state index in [-0.39, 0.29) is 24.2 Å². The van der Waals surface area contributed by atoms with Crippen LogP contribution in [0.4, 0.5) is 4.39 Å². The monoisotopic (exact) mass is 359 g/mol. The highest BCUT2D eigenvalue weighted by molar-refractivity contribution is 5.94. The average molecular weight is 359 g/mol. The van der Waals surface area contributed by atoms with Crippen LogP contribution in [0.5, 0.6) is 11.5 Å². The molecule has 1 aliphatic heterocycles. The Morgan fingerprint density at radius 1 is 1.15 bits per heavy atom. The van der Waals surface area contributed by atoms with Gasteiger partial charge in [0.05, 0.1) is 14.2 Å². The van der Waals surface area contributed by atoms with Crippen molar-refractivity contribution in [1.29, 1.82) is 0 Å². The third-order valence-corrected chi connectivity index (χ3v) is 4.45. The summed E-state index contributed by atoms with van der Waals surface area (Å²) in [5, 5.41) is 2.73. The molecule has 1 aliphatic rings. The zero-order valence-corrected chi connectivity index (χ0v) is 14.8. The van der Waals surface area contributed by atoms with Crippen LogP contribution in [-0.4, -0.2) is 33.2 Å². The average Bonchev–Trinajstić information content (AvgIpc) is 3.21. The Bertz CT molecular complexity index is 792. The number of ether oxygens (including phenoxy) is 2. The first kappa shape index (κ1) is 18.2. The van der Waals surface area contributed by atoms with Crippen molar-refractivity contribution >= 4 is 5.91 Å². The number of amides is 1. The molecule has 3 rings (SSSR count). The standard InChI is InChI=1S/C19H22FN3O3/c1-25-15-4-6-17(20)13(7-15)9-21-19(24)12-3-5-16(18(8-12)26-2)14-10-22-23-11-14/h3-8,14,22-23H,9-11H2,1-2H3,(H,21,24). The summed E-state index contributed by atoms with van der Waals surface area (Å²) in [5.41, 5.74) is 8.04. The molecule has 2 aromatic carbocycles. The number of methoxy groups -OCH3 is 2. The van der Waals surface area contributed by atoms with Gasteiger partial charge in [0, 0.05) is 36.7 Å². The van der Waals surface area contributed by atoms with Crippen LogP contribution in [0.3, 0.4) is 0 Å². The van der Waals surface area contributed by atoms with Crippen LogP contribution in [-0.2, 0) is 6.54 Å². The molecular formula is C19H22FN3O3. The maximum Gasteiger partial charge on any atom is 0.251 e. The molecule has 0 bridgehead atoms. The fraction of sp³-hybridized carbons (Fsp3) is 0.316. The van der Waals surface area contributed by atoms with E-state index >= 15 is 0 Å². The first-order chi connectivity index (χ1) is 12.6. The highest BCUT2D eigenvalue weighted by Crippen LogP contribution is 2.28. The Morgan fingerprint density at radius 3 is 2.62 bits per heavy atom. The number of carbonyl (C=O) groups excluding carboxylic acids is 1. The molecule has 0 spiro atoms. The molecule has 26 heavy (non-hydrogen) atoms. The molecule has 0 atom stereocenters. The van der Waals surface area contributed by atoms with Gasteiger partial charge in [0.15, 0.2) is 0 Å². The second-order valence-electron chi connectivity index (χ2n) is 6.06. The Kier molecular flexibility index (Phi) is 5.70. The second-order valence-corrected chi connectivity index (χ2v) is 6.06. The van der Waals surface area contributed by atoms with E-state index < -0.39 is 0 Å². The van der Waals surface area contributed by atoms with Crippen LogP contribution in [0, 0.1) is 5.82 Å². The van der Waals surface area contributed by atoms with E-state index in [4.69, 9.17) is 9.47 Å². The van der Waals surface area contributed by atoms with Crippen molar-refractivity contribution in [2.45, 2.75) is 12.5 Å². The summed E-state index contributed by atoms with van der Waals surface area (Å²) in [7, 11) is 3.10. The summed E-state index contributed by atoms with van der Waals surface area (Å²) in [5.74, 6) is 0.814. The normalized spacial score (nSPS) is 14.3. The predicted molar refractivity (Wildman–Crippen MR) is 95.9 cm³/mol. The largest absolute Gasteiger partial charge is 0.497 e. The van der Waals surface area contributed by atoms with Gasteiger partial charge in [-0.05, 0) is 35.9 Å². The summed E-state index contributed by atoms with van der Waals surface area (Å²) in [6.45, 7) is 1.68. The number of benzene rings is 2. The van der Waals surface area contributed by atoms with Crippen molar-refractivity contribution in [3.05, 3.63) is 58.9 Å². The van der Waals surface area contributed by atoms with Crippen LogP contribution in [0.1, 0.15) is 27.4 Å². The second kappa shape index (κ2) is 8.16. The molecule has 7 heteroatoms. The van der Waals surface area contributed by atoms with Crippen molar-refractivity contribution in [1.82, 2.24) is 16.2 Å². The van der Waals surface area contributed by atoms with Gasteiger partial charge >= 0.3 is 0 Å². The number of carbonyl (C=O) groups is 1. The summed E-state index contributed by atoms with van der Waals surface area (Å²) < 4.78 is 24.4. The first-order valence-corrected chi connectivity index (χ1v) is 8.36. The smallest absolute Gasteiger partial charge is 0.251 e. The van der Waals surface area contributed by atoms with Gasteiger partial charge in [-0.3, -0.25) is 15.6 Å². The van der Waals surface area contributed by atoms with Crippen molar-refractivity contribution in [2.24, 2.45) is 0 Å². The maximum atomic E-state index is 13.9. The highest BCUT2D eigenvalue weighted by Gasteiger charge is 2.21. The van der Waals surface area contributed by atoms with E-state index in [2.05, 4.69) is 16.2 Å². The summed E-state index contributed by atoms with van der Waals surface area (Å²) in [4.78, 5) is 12.4. The van der Waals surface area contributed by atoms with Gasteiger partial charge in [-0.25, -0.2) is 4.39 Å². The lowest BCUT2D eigenvalue weighted by Gasteiger charge is -2.15. The topological polar surface area (TPSA) is 71.6 Å². The van der Waals surface area contributed by atoms with Crippen LogP contribution in [0.15, 0.2) is 36.4 Å². The number of hydrogen-bond donors (Lipinski definition) is 3. The number of nitrogens with one attached hydrogen (secondary N) is 3. The molecule has 6 nitrogen and oxygen atoms in total. The predicted octanol–water partition coefficient (Wildman–Crippen LogP) is 1.96. The molecule has 2 aromatic rings. The summed E-state index contributed by atoms with van der Waals surface area (Å²) in [6.07, 6.45) is 0. The number of hydrogen-bond acceptors (Lipinski definition) is 5. The van der Waals surface area contributed by atoms with E-state index in [1.165, 1.54) is 19.2 Å². The van der Waals surface area contributed by atoms with Gasteiger partial charge in [0.2, 0.25) is 0 Å². The zero-order chi connectivity index (χ0) is 18.5. The van der Waals surface area contributed by atoms with E-state index in [1.54, 1.807) is 25.3 Å². The van der Waals surface area contributed by atoms with Crippen LogP contribution in [0.2, 0.25) is 0 Å². The summed E-state index contributed by atoms with van der Waals surface area (Å²) >= 11 is 0. The fourth-order valence-corrected chi connectivity index (χ4v) is 2.96. The molecule has 0 aromatic heterocycles. The molecule has 1 amide bonds. The quantitative estimate of drug-likeness (QED) is 0.736. The van der Waals surface area contributed by atoms with E-state index in [0.717, 1.165) is 18.7 Å². The molecule has 1 saturated heterocycles. The molecule has 0 saturated carbocycles. The Hall–Kier alpha value is -2.64. The van der Waals surface area contributed by atoms with Crippen LogP contribution in [0.25, 0.3) is 0 Å². The van der Waals surface area contributed by atoms with Crippen molar-refractivity contribution in [3.63, 3.8) is 0 Å². The molecule has 3 N–H and O–H groups in total. The van der Waals surface area contributed by atoms with Gasteiger partial charge in [-0.2, -0.15) is 0 Å². The van der Waals surface area contributed by atoms with Gasteiger partial charge in [-0.1, -0.05) is 6.07 Å². The van der Waals surface area contributed by atoms with Crippen LogP contribution >= 0.6 is 0 Å². The Balaban J connectivity index is 1.71. The van der Waals surface area contributed by atoms with Gasteiger partial charge in [0.25, 0.3) is 5.91 Å². The summed E-state index contributed by atoms with van der Waals surface area (Å²) in [6, 6.07) is 9.80. The highest BCUT2D eigenvalue weighted by atomic mass is 19.1. The Labute approximate surface area is 151 Å². The van der Waals surface area contributed by atoms with Gasteiger partial charge in [-0.15, -0.1) is 0 Å². The molecule has 1 heterocycles. The zero-order valence-electron chi connectivity index (χ0n) is 14.8. The maximum absolute atomic E-state index is 13.9. The first-order valence-electron chi connectivity index (χ1n) is 8.36. The minimum absolute atomic E-state index is 0.0718. The van der Waals surface area contributed by atoms with Crippen molar-refractivity contribution in [2.75, 3.05) is 27.3 Å². The van der Waals surface area contributed by atoms with E-state index in [1.807, 2.05) is 6.07 Å². The third-order valence-electron chi connectivity index (χ3n) is 4.45. The molecule has 0 unspecified atom stereocenters. The Morgan fingerprint density at radius 2 is 1.92 bits per heavy atom. The van der Waals surface area contributed by atoms with Crippen molar-refractivity contribution in [3.8, 4) is 11.5 Å². The number of hydrazine groups is 1. The van der Waals surface area contributed by atoms with E-state index in [9.17, 15) is 9.18 Å². The molecule has 138 valence electrons. The molecule has 0 aliphatic carbocycles. The lowest BCUT2D eigenvalue weighted by molar-refractivity contribution is 0.0950. The van der Waals surface area contributed by atoms with E-state index in [0.29, 0.717) is 22.6 Å². The third kappa shape index (κ3) is 3.95. The fourth-order valence-electron chi connectivity index (χ4n) is 2.96. The van der Waals surface area contributed by atoms with Crippen molar-refractivity contribution < 1.29 is 18.7 Å². The van der Waals surface area contributed by atoms with Crippen LogP contribution < -0.4 is 25.6 Å². The number of halogens is 1. The molecule has 0 radical (unpaired) electrons.